The summed E-state index contributed by atoms with van der Waals surface area (Å²) in [4.78, 5) is 2.12. The fourth-order valence-electron chi connectivity index (χ4n) is 1.35. The summed E-state index contributed by atoms with van der Waals surface area (Å²) in [5.41, 5.74) is 0.716. The summed E-state index contributed by atoms with van der Waals surface area (Å²) in [6.45, 7) is 3.50. The number of phenolic OH excluding ortho intramolecular Hbond substituents is 1. The number of hydrogen-bond donors (Lipinski definition) is 2. The topological polar surface area (TPSA) is 35.5 Å². The highest BCUT2D eigenvalue weighted by Gasteiger charge is 2.09. The van der Waals surface area contributed by atoms with Crippen molar-refractivity contribution in [2.24, 2.45) is 0 Å². The molecule has 96 valence electrons. The van der Waals surface area contributed by atoms with E-state index in [-0.39, 0.29) is 10.8 Å². The molecule has 0 radical (unpaired) electrons. The number of nitrogens with one attached hydrogen (secondary N) is 1. The van der Waals surface area contributed by atoms with Crippen molar-refractivity contribution < 1.29 is 5.11 Å². The van der Waals surface area contributed by atoms with Crippen LogP contribution >= 0.6 is 23.2 Å². The highest BCUT2D eigenvalue weighted by Crippen LogP contribution is 2.30. The molecular weight excluding hydrogens is 259 g/mol. The van der Waals surface area contributed by atoms with Gasteiger partial charge >= 0.3 is 0 Å². The Morgan fingerprint density at radius 3 is 2.59 bits per heavy atom. The summed E-state index contributed by atoms with van der Waals surface area (Å²) in [6.07, 6.45) is 0. The first-order valence-electron chi connectivity index (χ1n) is 5.46. The van der Waals surface area contributed by atoms with Crippen molar-refractivity contribution in [2.75, 3.05) is 20.6 Å². The zero-order chi connectivity index (χ0) is 13.0. The maximum absolute atomic E-state index is 9.76. The predicted molar refractivity (Wildman–Crippen MR) is 73.0 cm³/mol. The van der Waals surface area contributed by atoms with Gasteiger partial charge in [-0.15, -0.1) is 0 Å². The first-order valence-corrected chi connectivity index (χ1v) is 6.21. The normalized spacial score (nSPS) is 13.1. The number of likely N-dealkylation sites (N-methyl/N-ethyl adjacent to an activating group) is 1. The maximum atomic E-state index is 9.76. The lowest BCUT2D eigenvalue weighted by molar-refractivity contribution is 0.302. The van der Waals surface area contributed by atoms with Crippen LogP contribution in [0.2, 0.25) is 10.0 Å². The summed E-state index contributed by atoms with van der Waals surface area (Å²) >= 11 is 11.7. The summed E-state index contributed by atoms with van der Waals surface area (Å²) in [5, 5.41) is 13.8. The van der Waals surface area contributed by atoms with Gasteiger partial charge in [0.05, 0.1) is 5.02 Å². The SMILES string of the molecule is CC(CNCc1cc(Cl)cc(Cl)c1O)N(C)C. The molecular formula is C12H18Cl2N2O. The minimum absolute atomic E-state index is 0.0982. The lowest BCUT2D eigenvalue weighted by Gasteiger charge is -2.20. The maximum Gasteiger partial charge on any atom is 0.138 e. The van der Waals surface area contributed by atoms with Gasteiger partial charge in [0.1, 0.15) is 5.75 Å². The molecule has 0 heterocycles. The molecule has 0 amide bonds. The molecule has 1 aromatic carbocycles. The summed E-state index contributed by atoms with van der Waals surface area (Å²) in [6, 6.07) is 3.67. The van der Waals surface area contributed by atoms with Crippen LogP contribution in [0.3, 0.4) is 0 Å². The van der Waals surface area contributed by atoms with Crippen molar-refractivity contribution in [2.45, 2.75) is 19.5 Å². The highest BCUT2D eigenvalue weighted by atomic mass is 35.5. The van der Waals surface area contributed by atoms with Crippen molar-refractivity contribution in [3.8, 4) is 5.75 Å². The monoisotopic (exact) mass is 276 g/mol. The molecule has 0 saturated carbocycles. The molecule has 1 rings (SSSR count). The van der Waals surface area contributed by atoms with Crippen LogP contribution in [-0.2, 0) is 6.54 Å². The summed E-state index contributed by atoms with van der Waals surface area (Å²) in [7, 11) is 4.06. The average Bonchev–Trinajstić information content (AvgIpc) is 2.24. The van der Waals surface area contributed by atoms with Gasteiger partial charge in [-0.25, -0.2) is 0 Å². The average molecular weight is 277 g/mol. The van der Waals surface area contributed by atoms with E-state index in [4.69, 9.17) is 23.2 Å². The van der Waals surface area contributed by atoms with Gasteiger partial charge in [-0.1, -0.05) is 23.2 Å². The Morgan fingerprint density at radius 2 is 2.00 bits per heavy atom. The van der Waals surface area contributed by atoms with Crippen LogP contribution in [0.1, 0.15) is 12.5 Å². The first-order chi connectivity index (χ1) is 7.91. The number of nitrogens with zero attached hydrogens (tertiary/aromatic N) is 1. The van der Waals surface area contributed by atoms with E-state index in [1.165, 1.54) is 6.07 Å². The standard InChI is InChI=1S/C12H18Cl2N2O/c1-8(16(2)3)6-15-7-9-4-10(13)5-11(14)12(9)17/h4-5,8,15,17H,6-7H2,1-3H3. The quantitative estimate of drug-likeness (QED) is 0.868. The number of halogens is 2. The molecule has 0 bridgehead atoms. The lowest BCUT2D eigenvalue weighted by atomic mass is 10.2. The fraction of sp³-hybridized carbons (Fsp3) is 0.500. The molecule has 0 aromatic heterocycles. The zero-order valence-corrected chi connectivity index (χ0v) is 11.8. The molecule has 1 atom stereocenters. The number of hydrogen-bond acceptors (Lipinski definition) is 3. The minimum atomic E-state index is 0.0982. The van der Waals surface area contributed by atoms with Gasteiger partial charge < -0.3 is 15.3 Å². The van der Waals surface area contributed by atoms with Crippen LogP contribution in [-0.4, -0.2) is 36.7 Å². The Labute approximate surface area is 112 Å². The second-order valence-corrected chi connectivity index (χ2v) is 5.18. The van der Waals surface area contributed by atoms with Crippen molar-refractivity contribution in [1.82, 2.24) is 10.2 Å². The molecule has 0 saturated heterocycles. The third kappa shape index (κ3) is 4.36. The van der Waals surface area contributed by atoms with Gasteiger partial charge in [0, 0.05) is 29.7 Å². The van der Waals surface area contributed by atoms with E-state index < -0.39 is 0 Å². The van der Waals surface area contributed by atoms with E-state index in [0.717, 1.165) is 6.54 Å². The Hall–Kier alpha value is -0.480. The zero-order valence-electron chi connectivity index (χ0n) is 10.3. The molecule has 1 unspecified atom stereocenters. The Balaban J connectivity index is 2.58. The van der Waals surface area contributed by atoms with Gasteiger partial charge in [0.15, 0.2) is 0 Å². The van der Waals surface area contributed by atoms with Gasteiger partial charge in [-0.05, 0) is 33.2 Å². The molecule has 0 fully saturated rings. The van der Waals surface area contributed by atoms with Gasteiger partial charge in [-0.2, -0.15) is 0 Å². The molecule has 0 aliphatic carbocycles. The van der Waals surface area contributed by atoms with E-state index in [1.807, 2.05) is 14.1 Å². The van der Waals surface area contributed by atoms with Crippen LogP contribution in [0.5, 0.6) is 5.75 Å². The van der Waals surface area contributed by atoms with Crippen molar-refractivity contribution in [1.29, 1.82) is 0 Å². The van der Waals surface area contributed by atoms with Crippen molar-refractivity contribution in [3.05, 3.63) is 27.7 Å². The summed E-state index contributed by atoms with van der Waals surface area (Å²) in [5.74, 6) is 0.0982. The second kappa shape index (κ2) is 6.45. The molecule has 0 aliphatic heterocycles. The summed E-state index contributed by atoms with van der Waals surface area (Å²) < 4.78 is 0. The molecule has 0 aliphatic rings. The van der Waals surface area contributed by atoms with E-state index in [9.17, 15) is 5.11 Å². The highest BCUT2D eigenvalue weighted by molar-refractivity contribution is 6.35. The first kappa shape index (κ1) is 14.6. The van der Waals surface area contributed by atoms with Crippen molar-refractivity contribution >= 4 is 23.2 Å². The predicted octanol–water partition coefficient (Wildman–Crippen LogP) is 2.74. The number of phenols is 1. The Bertz CT molecular complexity index is 383. The van der Waals surface area contributed by atoms with Crippen LogP contribution in [0, 0.1) is 0 Å². The van der Waals surface area contributed by atoms with Crippen molar-refractivity contribution in [3.63, 3.8) is 0 Å². The van der Waals surface area contributed by atoms with E-state index in [1.54, 1.807) is 6.07 Å². The number of rotatable bonds is 5. The Morgan fingerprint density at radius 1 is 1.35 bits per heavy atom. The minimum Gasteiger partial charge on any atom is -0.506 e. The van der Waals surface area contributed by atoms with Crippen LogP contribution < -0.4 is 5.32 Å². The van der Waals surface area contributed by atoms with E-state index in [0.29, 0.717) is 23.2 Å². The Kier molecular flexibility index (Phi) is 5.53. The largest absolute Gasteiger partial charge is 0.506 e. The van der Waals surface area contributed by atoms with E-state index >= 15 is 0 Å². The third-order valence-corrected chi connectivity index (χ3v) is 3.25. The molecule has 1 aromatic rings. The van der Waals surface area contributed by atoms with E-state index in [2.05, 4.69) is 17.1 Å². The number of benzene rings is 1. The lowest BCUT2D eigenvalue weighted by Crippen LogP contribution is -2.35. The molecule has 2 N–H and O–H groups in total. The molecule has 5 heteroatoms. The fourth-order valence-corrected chi connectivity index (χ4v) is 1.89. The number of aromatic hydroxyl groups is 1. The molecule has 0 spiro atoms. The van der Waals surface area contributed by atoms with Crippen LogP contribution in [0.25, 0.3) is 0 Å². The third-order valence-electron chi connectivity index (χ3n) is 2.74. The van der Waals surface area contributed by atoms with Gasteiger partial charge in [0.25, 0.3) is 0 Å². The van der Waals surface area contributed by atoms with Gasteiger partial charge in [0.2, 0.25) is 0 Å². The van der Waals surface area contributed by atoms with Crippen LogP contribution in [0.15, 0.2) is 12.1 Å². The van der Waals surface area contributed by atoms with Crippen LogP contribution in [0.4, 0.5) is 0 Å². The second-order valence-electron chi connectivity index (χ2n) is 4.34. The molecule has 3 nitrogen and oxygen atoms in total. The molecule has 17 heavy (non-hydrogen) atoms. The van der Waals surface area contributed by atoms with Gasteiger partial charge in [-0.3, -0.25) is 0 Å². The smallest absolute Gasteiger partial charge is 0.138 e.